The summed E-state index contributed by atoms with van der Waals surface area (Å²) in [5.74, 6) is 1.98. The summed E-state index contributed by atoms with van der Waals surface area (Å²) in [6, 6.07) is 0.332. The molecule has 0 saturated carbocycles. The van der Waals surface area contributed by atoms with E-state index in [4.69, 9.17) is 10.5 Å². The smallest absolute Gasteiger partial charge is 0.216 e. The maximum Gasteiger partial charge on any atom is 0.216 e. The van der Waals surface area contributed by atoms with Crippen molar-refractivity contribution in [2.24, 2.45) is 23.7 Å². The molecular weight excluding hydrogens is 417 g/mol. The first-order valence-corrected chi connectivity index (χ1v) is 8.54. The standard InChI is InChI=1S/C17H33N5O.HI/c1-7-15-14(16(23-6)22(5)21-15)11-19-17(18)20-13(4)10-8-9-12(2)3;/h12-13H,7-11H2,1-6H3,(H3,18,19,20);1H. The highest BCUT2D eigenvalue weighted by molar-refractivity contribution is 14.0. The van der Waals surface area contributed by atoms with E-state index in [2.05, 4.69) is 43.1 Å². The Morgan fingerprint density at radius 3 is 2.54 bits per heavy atom. The summed E-state index contributed by atoms with van der Waals surface area (Å²) in [5, 5.41) is 7.72. The zero-order chi connectivity index (χ0) is 17.4. The fourth-order valence-corrected chi connectivity index (χ4v) is 2.67. The van der Waals surface area contributed by atoms with Gasteiger partial charge in [0.05, 0.1) is 24.9 Å². The summed E-state index contributed by atoms with van der Waals surface area (Å²) in [6.45, 7) is 9.21. The summed E-state index contributed by atoms with van der Waals surface area (Å²) in [7, 11) is 3.53. The molecule has 7 heteroatoms. The predicted octanol–water partition coefficient (Wildman–Crippen LogP) is 3.23. The molecule has 0 bridgehead atoms. The summed E-state index contributed by atoms with van der Waals surface area (Å²) < 4.78 is 7.17. The molecule has 3 N–H and O–H groups in total. The third-order valence-corrected chi connectivity index (χ3v) is 3.92. The molecule has 1 unspecified atom stereocenters. The fourth-order valence-electron chi connectivity index (χ4n) is 2.67. The number of hydrogen-bond donors (Lipinski definition) is 2. The summed E-state index contributed by atoms with van der Waals surface area (Å²) in [5.41, 5.74) is 8.03. The van der Waals surface area contributed by atoms with Crippen molar-refractivity contribution in [2.75, 3.05) is 7.11 Å². The van der Waals surface area contributed by atoms with Gasteiger partial charge in [-0.05, 0) is 25.7 Å². The number of guanidine groups is 1. The molecule has 1 atom stereocenters. The molecule has 140 valence electrons. The summed E-state index contributed by atoms with van der Waals surface area (Å²) in [6.07, 6.45) is 4.40. The average Bonchev–Trinajstić information content (AvgIpc) is 2.79. The van der Waals surface area contributed by atoms with E-state index in [-0.39, 0.29) is 24.0 Å². The first kappa shape index (κ1) is 23.0. The molecule has 1 aromatic rings. The van der Waals surface area contributed by atoms with E-state index in [0.29, 0.717) is 18.5 Å². The second-order valence-corrected chi connectivity index (χ2v) is 6.48. The van der Waals surface area contributed by atoms with Crippen LogP contribution in [-0.2, 0) is 20.0 Å². The van der Waals surface area contributed by atoms with Crippen molar-refractivity contribution in [1.82, 2.24) is 15.1 Å². The monoisotopic (exact) mass is 451 g/mol. The average molecular weight is 451 g/mol. The predicted molar refractivity (Wildman–Crippen MR) is 111 cm³/mol. The van der Waals surface area contributed by atoms with Crippen LogP contribution in [0.2, 0.25) is 0 Å². The quantitative estimate of drug-likeness (QED) is 0.343. The molecule has 24 heavy (non-hydrogen) atoms. The minimum atomic E-state index is 0. The molecule has 0 spiro atoms. The number of aryl methyl sites for hydroxylation is 2. The Morgan fingerprint density at radius 1 is 1.33 bits per heavy atom. The van der Waals surface area contributed by atoms with Gasteiger partial charge in [0, 0.05) is 13.1 Å². The van der Waals surface area contributed by atoms with Crippen molar-refractivity contribution in [3.05, 3.63) is 11.3 Å². The third kappa shape index (κ3) is 7.27. The number of aliphatic imine (C=N–C) groups is 1. The minimum Gasteiger partial charge on any atom is -0.481 e. The highest BCUT2D eigenvalue weighted by atomic mass is 127. The van der Waals surface area contributed by atoms with Gasteiger partial charge in [-0.15, -0.1) is 24.0 Å². The van der Waals surface area contributed by atoms with Gasteiger partial charge in [-0.2, -0.15) is 5.10 Å². The van der Waals surface area contributed by atoms with Gasteiger partial charge in [0.2, 0.25) is 5.88 Å². The second kappa shape index (κ2) is 11.5. The van der Waals surface area contributed by atoms with E-state index in [9.17, 15) is 0 Å². The van der Waals surface area contributed by atoms with E-state index in [1.165, 1.54) is 12.8 Å². The molecule has 1 rings (SSSR count). The van der Waals surface area contributed by atoms with Gasteiger partial charge in [-0.1, -0.05) is 33.6 Å². The molecular formula is C17H34IN5O. The van der Waals surface area contributed by atoms with Gasteiger partial charge < -0.3 is 15.8 Å². The lowest BCUT2D eigenvalue weighted by atomic mass is 10.0. The van der Waals surface area contributed by atoms with E-state index in [1.54, 1.807) is 11.8 Å². The minimum absolute atomic E-state index is 0. The van der Waals surface area contributed by atoms with Crippen molar-refractivity contribution in [3.63, 3.8) is 0 Å². The van der Waals surface area contributed by atoms with E-state index in [1.807, 2.05) is 7.05 Å². The van der Waals surface area contributed by atoms with Gasteiger partial charge in [-0.25, -0.2) is 9.67 Å². The topological polar surface area (TPSA) is 77.5 Å². The Bertz CT molecular complexity index is 513. The summed E-state index contributed by atoms with van der Waals surface area (Å²) in [4.78, 5) is 4.46. The van der Waals surface area contributed by atoms with E-state index in [0.717, 1.165) is 35.9 Å². The number of nitrogens with two attached hydrogens (primary N) is 1. The molecule has 0 radical (unpaired) electrons. The van der Waals surface area contributed by atoms with Crippen LogP contribution in [0.4, 0.5) is 0 Å². The lowest BCUT2D eigenvalue weighted by Crippen LogP contribution is -2.38. The van der Waals surface area contributed by atoms with Gasteiger partial charge in [0.1, 0.15) is 0 Å². The number of ether oxygens (including phenoxy) is 1. The van der Waals surface area contributed by atoms with Crippen LogP contribution in [0.15, 0.2) is 4.99 Å². The molecule has 0 saturated heterocycles. The van der Waals surface area contributed by atoms with Gasteiger partial charge in [0.15, 0.2) is 5.96 Å². The zero-order valence-corrected chi connectivity index (χ0v) is 18.3. The van der Waals surface area contributed by atoms with Crippen LogP contribution in [0.3, 0.4) is 0 Å². The van der Waals surface area contributed by atoms with Crippen LogP contribution in [-0.4, -0.2) is 28.9 Å². The highest BCUT2D eigenvalue weighted by Gasteiger charge is 2.15. The van der Waals surface area contributed by atoms with E-state index >= 15 is 0 Å². The lowest BCUT2D eigenvalue weighted by Gasteiger charge is -2.15. The SMILES string of the molecule is CCc1nn(C)c(OC)c1CN=C(N)NC(C)CCCC(C)C.I. The molecule has 0 amide bonds. The molecule has 1 aromatic heterocycles. The van der Waals surface area contributed by atoms with Crippen molar-refractivity contribution < 1.29 is 4.74 Å². The second-order valence-electron chi connectivity index (χ2n) is 6.48. The highest BCUT2D eigenvalue weighted by Crippen LogP contribution is 2.22. The van der Waals surface area contributed by atoms with Gasteiger partial charge in [0.25, 0.3) is 0 Å². The number of hydrogen-bond acceptors (Lipinski definition) is 3. The molecule has 1 heterocycles. The van der Waals surface area contributed by atoms with Crippen LogP contribution in [0, 0.1) is 5.92 Å². The lowest BCUT2D eigenvalue weighted by molar-refractivity contribution is 0.369. The number of methoxy groups -OCH3 is 1. The molecule has 0 fully saturated rings. The molecule has 0 aliphatic heterocycles. The van der Waals surface area contributed by atoms with Gasteiger partial charge in [-0.3, -0.25) is 0 Å². The maximum absolute atomic E-state index is 6.01. The molecule has 0 aliphatic rings. The number of nitrogens with zero attached hydrogens (tertiary/aromatic N) is 3. The van der Waals surface area contributed by atoms with Crippen molar-refractivity contribution >= 4 is 29.9 Å². The number of aromatic nitrogens is 2. The van der Waals surface area contributed by atoms with Crippen LogP contribution in [0.25, 0.3) is 0 Å². The maximum atomic E-state index is 6.01. The van der Waals surface area contributed by atoms with Gasteiger partial charge >= 0.3 is 0 Å². The first-order chi connectivity index (χ1) is 10.9. The Kier molecular flexibility index (Phi) is 11.1. The third-order valence-electron chi connectivity index (χ3n) is 3.92. The van der Waals surface area contributed by atoms with Crippen LogP contribution >= 0.6 is 24.0 Å². The number of halogens is 1. The molecule has 6 nitrogen and oxygen atoms in total. The first-order valence-electron chi connectivity index (χ1n) is 8.54. The van der Waals surface area contributed by atoms with E-state index < -0.39 is 0 Å². The summed E-state index contributed by atoms with van der Waals surface area (Å²) >= 11 is 0. The Hall–Kier alpha value is -0.990. The van der Waals surface area contributed by atoms with Crippen LogP contribution in [0.5, 0.6) is 5.88 Å². The normalized spacial score (nSPS) is 12.9. The van der Waals surface area contributed by atoms with Crippen molar-refractivity contribution in [2.45, 2.75) is 66.0 Å². The zero-order valence-electron chi connectivity index (χ0n) is 15.9. The van der Waals surface area contributed by atoms with Crippen molar-refractivity contribution in [1.29, 1.82) is 0 Å². The van der Waals surface area contributed by atoms with Crippen molar-refractivity contribution in [3.8, 4) is 5.88 Å². The number of nitrogens with one attached hydrogen (secondary N) is 1. The largest absolute Gasteiger partial charge is 0.481 e. The Morgan fingerprint density at radius 2 is 2.00 bits per heavy atom. The van der Waals surface area contributed by atoms with Crippen LogP contribution < -0.4 is 15.8 Å². The Labute approximate surface area is 163 Å². The Balaban J connectivity index is 0.00000529. The number of rotatable bonds is 9. The molecule has 0 aliphatic carbocycles. The fraction of sp³-hybridized carbons (Fsp3) is 0.765. The van der Waals surface area contributed by atoms with Crippen LogP contribution in [0.1, 0.15) is 58.2 Å². The molecule has 0 aromatic carbocycles.